The molecule has 0 saturated heterocycles. The first-order valence-corrected chi connectivity index (χ1v) is 10.6. The lowest BCUT2D eigenvalue weighted by Gasteiger charge is -2.29. The average molecular weight is 418 g/mol. The van der Waals surface area contributed by atoms with Gasteiger partial charge in [-0.2, -0.15) is 0 Å². The molecule has 0 radical (unpaired) electrons. The zero-order valence-electron chi connectivity index (χ0n) is 18.6. The monoisotopic (exact) mass is 417 g/mol. The standard InChI is InChI=1S/C25H27N3O3/c1-6-15(2)28(14-19-10-8-7-9-11-19)25(29)21-13-22(20-12-16(3)30-18(20)5)26-24-23(21)17(4)27-31-24/h7-13,15H,6,14H2,1-5H3. The molecule has 3 heterocycles. The number of rotatable bonds is 6. The number of pyridine rings is 1. The van der Waals surface area contributed by atoms with Crippen molar-refractivity contribution in [2.75, 3.05) is 0 Å². The molecule has 0 bridgehead atoms. The predicted octanol–water partition coefficient (Wildman–Crippen LogP) is 5.85. The Kier molecular flexibility index (Phi) is 5.63. The first kappa shape index (κ1) is 20.8. The predicted molar refractivity (Wildman–Crippen MR) is 120 cm³/mol. The Hall–Kier alpha value is -3.41. The van der Waals surface area contributed by atoms with Crippen LogP contribution in [-0.4, -0.2) is 27.0 Å². The van der Waals surface area contributed by atoms with Crippen molar-refractivity contribution in [2.24, 2.45) is 0 Å². The minimum Gasteiger partial charge on any atom is -0.466 e. The fourth-order valence-corrected chi connectivity index (χ4v) is 3.87. The topological polar surface area (TPSA) is 72.4 Å². The van der Waals surface area contributed by atoms with Gasteiger partial charge in [-0.05, 0) is 51.8 Å². The average Bonchev–Trinajstić information content (AvgIpc) is 3.32. The fraction of sp³-hybridized carbons (Fsp3) is 0.320. The Labute approximate surface area is 181 Å². The summed E-state index contributed by atoms with van der Waals surface area (Å²) in [5, 5.41) is 4.74. The molecule has 0 aliphatic carbocycles. The Morgan fingerprint density at radius 1 is 1.13 bits per heavy atom. The summed E-state index contributed by atoms with van der Waals surface area (Å²) in [6, 6.07) is 13.9. The summed E-state index contributed by atoms with van der Waals surface area (Å²) in [7, 11) is 0. The van der Waals surface area contributed by atoms with Gasteiger partial charge >= 0.3 is 0 Å². The second kappa shape index (κ2) is 8.38. The normalized spacial score (nSPS) is 12.3. The minimum absolute atomic E-state index is 0.0592. The number of benzene rings is 1. The number of nitrogens with zero attached hydrogens (tertiary/aromatic N) is 3. The molecule has 0 spiro atoms. The number of aromatic nitrogens is 2. The number of hydrogen-bond donors (Lipinski definition) is 0. The molecule has 6 nitrogen and oxygen atoms in total. The first-order valence-electron chi connectivity index (χ1n) is 10.6. The highest BCUT2D eigenvalue weighted by atomic mass is 16.5. The van der Waals surface area contributed by atoms with E-state index in [1.54, 1.807) is 0 Å². The maximum Gasteiger partial charge on any atom is 0.259 e. The molecular weight excluding hydrogens is 390 g/mol. The zero-order valence-corrected chi connectivity index (χ0v) is 18.6. The van der Waals surface area contributed by atoms with Crippen LogP contribution in [0.25, 0.3) is 22.4 Å². The molecule has 6 heteroatoms. The van der Waals surface area contributed by atoms with Crippen molar-refractivity contribution in [3.63, 3.8) is 0 Å². The number of fused-ring (bicyclic) bond motifs is 1. The highest BCUT2D eigenvalue weighted by Gasteiger charge is 2.27. The lowest BCUT2D eigenvalue weighted by molar-refractivity contribution is 0.0673. The lowest BCUT2D eigenvalue weighted by atomic mass is 10.0. The molecule has 0 N–H and O–H groups in total. The summed E-state index contributed by atoms with van der Waals surface area (Å²) < 4.78 is 11.2. The van der Waals surface area contributed by atoms with E-state index >= 15 is 0 Å². The Morgan fingerprint density at radius 3 is 2.52 bits per heavy atom. The van der Waals surface area contributed by atoms with E-state index in [9.17, 15) is 4.79 Å². The third-order valence-corrected chi connectivity index (χ3v) is 5.74. The summed E-state index contributed by atoms with van der Waals surface area (Å²) in [6.45, 7) is 10.3. The van der Waals surface area contributed by atoms with Crippen molar-refractivity contribution in [3.05, 3.63) is 70.8 Å². The van der Waals surface area contributed by atoms with Crippen LogP contribution in [0.15, 0.2) is 51.4 Å². The quantitative estimate of drug-likeness (QED) is 0.393. The van der Waals surface area contributed by atoms with Gasteiger partial charge in [-0.25, -0.2) is 4.98 Å². The SMILES string of the molecule is CCC(C)N(Cc1ccccc1)C(=O)c1cc(-c2cc(C)oc2C)nc2onc(C)c12. The number of hydrogen-bond acceptors (Lipinski definition) is 5. The number of amides is 1. The lowest BCUT2D eigenvalue weighted by Crippen LogP contribution is -2.38. The molecule has 4 aromatic rings. The molecule has 4 rings (SSSR count). The van der Waals surface area contributed by atoms with Crippen LogP contribution in [0.3, 0.4) is 0 Å². The molecule has 3 aromatic heterocycles. The molecule has 0 fully saturated rings. The summed E-state index contributed by atoms with van der Waals surface area (Å²) in [6.07, 6.45) is 0.850. The molecule has 1 unspecified atom stereocenters. The van der Waals surface area contributed by atoms with E-state index in [4.69, 9.17) is 8.94 Å². The van der Waals surface area contributed by atoms with Gasteiger partial charge in [0.15, 0.2) is 0 Å². The van der Waals surface area contributed by atoms with Gasteiger partial charge in [0.25, 0.3) is 11.6 Å². The van der Waals surface area contributed by atoms with Crippen molar-refractivity contribution in [1.29, 1.82) is 0 Å². The largest absolute Gasteiger partial charge is 0.466 e. The summed E-state index contributed by atoms with van der Waals surface area (Å²) in [5.74, 6) is 1.49. The molecular formula is C25H27N3O3. The second-order valence-electron chi connectivity index (χ2n) is 8.01. The smallest absolute Gasteiger partial charge is 0.259 e. The minimum atomic E-state index is -0.0592. The fourth-order valence-electron chi connectivity index (χ4n) is 3.87. The van der Waals surface area contributed by atoms with Crippen LogP contribution in [0.1, 0.15) is 53.4 Å². The van der Waals surface area contributed by atoms with Gasteiger partial charge in [0.05, 0.1) is 22.3 Å². The van der Waals surface area contributed by atoms with E-state index < -0.39 is 0 Å². The van der Waals surface area contributed by atoms with Crippen LogP contribution in [0, 0.1) is 20.8 Å². The van der Waals surface area contributed by atoms with Crippen molar-refractivity contribution in [3.8, 4) is 11.3 Å². The summed E-state index contributed by atoms with van der Waals surface area (Å²) >= 11 is 0. The number of carbonyl (C=O) groups excluding carboxylic acids is 1. The van der Waals surface area contributed by atoms with Crippen LogP contribution in [0.2, 0.25) is 0 Å². The highest BCUT2D eigenvalue weighted by Crippen LogP contribution is 2.31. The summed E-state index contributed by atoms with van der Waals surface area (Å²) in [5.41, 5.74) is 4.14. The number of aryl methyl sites for hydroxylation is 3. The van der Waals surface area contributed by atoms with Crippen LogP contribution >= 0.6 is 0 Å². The number of carbonyl (C=O) groups is 1. The van der Waals surface area contributed by atoms with Crippen LogP contribution in [0.4, 0.5) is 0 Å². The van der Waals surface area contributed by atoms with Gasteiger partial charge in [-0.15, -0.1) is 0 Å². The Balaban J connectivity index is 1.84. The molecule has 160 valence electrons. The molecule has 1 aromatic carbocycles. The van der Waals surface area contributed by atoms with Gasteiger partial charge in [-0.1, -0.05) is 42.4 Å². The number of furan rings is 1. The second-order valence-corrected chi connectivity index (χ2v) is 8.01. The molecule has 0 saturated carbocycles. The van der Waals surface area contributed by atoms with Crippen LogP contribution in [0.5, 0.6) is 0 Å². The Morgan fingerprint density at radius 2 is 1.87 bits per heavy atom. The van der Waals surface area contributed by atoms with Gasteiger partial charge < -0.3 is 13.8 Å². The van der Waals surface area contributed by atoms with E-state index in [-0.39, 0.29) is 11.9 Å². The maximum atomic E-state index is 13.9. The Bertz CT molecular complexity index is 1220. The maximum absolute atomic E-state index is 13.9. The summed E-state index contributed by atoms with van der Waals surface area (Å²) in [4.78, 5) is 20.4. The van der Waals surface area contributed by atoms with Gasteiger partial charge in [0.1, 0.15) is 11.5 Å². The van der Waals surface area contributed by atoms with E-state index in [0.29, 0.717) is 34.6 Å². The van der Waals surface area contributed by atoms with Crippen molar-refractivity contribution in [2.45, 2.75) is 53.6 Å². The third-order valence-electron chi connectivity index (χ3n) is 5.74. The van der Waals surface area contributed by atoms with Gasteiger partial charge in [0.2, 0.25) is 0 Å². The molecule has 1 amide bonds. The third kappa shape index (κ3) is 3.98. The van der Waals surface area contributed by atoms with E-state index in [2.05, 4.69) is 24.0 Å². The van der Waals surface area contributed by atoms with Crippen LogP contribution in [-0.2, 0) is 6.54 Å². The zero-order chi connectivity index (χ0) is 22.1. The highest BCUT2D eigenvalue weighted by molar-refractivity contribution is 6.07. The van der Waals surface area contributed by atoms with Crippen molar-refractivity contribution < 1.29 is 13.7 Å². The first-order chi connectivity index (χ1) is 14.9. The molecule has 1 atom stereocenters. The van der Waals surface area contributed by atoms with Gasteiger partial charge in [-0.3, -0.25) is 4.79 Å². The molecule has 0 aliphatic heterocycles. The van der Waals surface area contributed by atoms with E-state index in [1.807, 2.05) is 68.1 Å². The molecule has 31 heavy (non-hydrogen) atoms. The van der Waals surface area contributed by atoms with E-state index in [1.165, 1.54) is 0 Å². The van der Waals surface area contributed by atoms with Crippen molar-refractivity contribution >= 4 is 17.0 Å². The van der Waals surface area contributed by atoms with Gasteiger partial charge in [0, 0.05) is 18.2 Å². The van der Waals surface area contributed by atoms with Crippen molar-refractivity contribution in [1.82, 2.24) is 15.0 Å². The van der Waals surface area contributed by atoms with Crippen LogP contribution < -0.4 is 0 Å². The molecule has 0 aliphatic rings. The van der Waals surface area contributed by atoms with E-state index in [0.717, 1.165) is 29.1 Å².